The number of aromatic nitrogens is 4. The summed E-state index contributed by atoms with van der Waals surface area (Å²) in [5, 5.41) is 0.677. The van der Waals surface area contributed by atoms with Crippen LogP contribution in [0.3, 0.4) is 0 Å². The van der Waals surface area contributed by atoms with Crippen LogP contribution in [-0.2, 0) is 25.9 Å². The minimum absolute atomic E-state index is 0.0349. The van der Waals surface area contributed by atoms with Crippen LogP contribution in [0.4, 0.5) is 19.0 Å². The van der Waals surface area contributed by atoms with Gasteiger partial charge in [-0.25, -0.2) is 0 Å². The van der Waals surface area contributed by atoms with Crippen molar-refractivity contribution in [3.05, 3.63) is 75.6 Å². The van der Waals surface area contributed by atoms with Crippen LogP contribution in [0.15, 0.2) is 53.3 Å². The number of hydrogen-bond donors (Lipinski definition) is 1. The molecule has 7 nitrogen and oxygen atoms in total. The topological polar surface area (TPSA) is 82.1 Å². The zero-order valence-electron chi connectivity index (χ0n) is 19.3. The number of likely N-dealkylation sites (tertiary alicyclic amines) is 1. The van der Waals surface area contributed by atoms with E-state index in [4.69, 9.17) is 10.5 Å². The second-order valence-corrected chi connectivity index (χ2v) is 9.63. The van der Waals surface area contributed by atoms with Crippen molar-refractivity contribution in [2.75, 3.05) is 18.8 Å². The van der Waals surface area contributed by atoms with Gasteiger partial charge in [-0.05, 0) is 65.1 Å². The summed E-state index contributed by atoms with van der Waals surface area (Å²) in [6.07, 6.45) is -0.832. The smallest absolute Gasteiger partial charge is 0.433 e. The first kappa shape index (κ1) is 24.5. The summed E-state index contributed by atoms with van der Waals surface area (Å²) < 4.78 is 46.6. The number of halogens is 4. The Hall–Kier alpha value is -3.18. The maximum atomic E-state index is 12.7. The predicted octanol–water partition coefficient (Wildman–Crippen LogP) is 5.41. The normalized spacial score (nSPS) is 14.6. The largest absolute Gasteiger partial charge is 0.458 e. The molecule has 3 aromatic heterocycles. The van der Waals surface area contributed by atoms with Crippen LogP contribution in [0.2, 0.25) is 0 Å². The number of anilines is 1. The van der Waals surface area contributed by atoms with Gasteiger partial charge < -0.3 is 15.0 Å². The first-order chi connectivity index (χ1) is 17.3. The van der Waals surface area contributed by atoms with Gasteiger partial charge in [-0.3, -0.25) is 9.88 Å². The van der Waals surface area contributed by atoms with Crippen molar-refractivity contribution < 1.29 is 17.9 Å². The predicted molar refractivity (Wildman–Crippen MR) is 133 cm³/mol. The third-order valence-electron chi connectivity index (χ3n) is 6.16. The van der Waals surface area contributed by atoms with E-state index in [1.807, 2.05) is 10.6 Å². The minimum Gasteiger partial charge on any atom is -0.458 e. The summed E-state index contributed by atoms with van der Waals surface area (Å²) in [7, 11) is 0. The lowest BCUT2D eigenvalue weighted by molar-refractivity contribution is -0.141. The van der Waals surface area contributed by atoms with E-state index in [9.17, 15) is 13.2 Å². The number of nitrogen functional groups attached to an aromatic ring is 1. The summed E-state index contributed by atoms with van der Waals surface area (Å²) in [5.74, 6) is 0.251. The molecular weight excluding hydrogens is 537 g/mol. The summed E-state index contributed by atoms with van der Waals surface area (Å²) in [4.78, 5) is 14.6. The Bertz CT molecular complexity index is 1350. The highest BCUT2D eigenvalue weighted by molar-refractivity contribution is 9.10. The second-order valence-electron chi connectivity index (χ2n) is 8.82. The molecule has 5 rings (SSSR count). The van der Waals surface area contributed by atoms with E-state index in [-0.39, 0.29) is 18.4 Å². The van der Waals surface area contributed by atoms with Gasteiger partial charge in [-0.1, -0.05) is 30.3 Å². The van der Waals surface area contributed by atoms with Crippen molar-refractivity contribution in [2.24, 2.45) is 0 Å². The van der Waals surface area contributed by atoms with Crippen LogP contribution < -0.4 is 10.5 Å². The molecule has 0 bridgehead atoms. The number of rotatable bonds is 7. The summed E-state index contributed by atoms with van der Waals surface area (Å²) in [5.41, 5.74) is 8.64. The Morgan fingerprint density at radius 3 is 2.25 bits per heavy atom. The number of nitrogens with zero attached hydrogens (tertiary/aromatic N) is 5. The minimum atomic E-state index is -4.49. The zero-order chi connectivity index (χ0) is 25.3. The number of nitrogens with two attached hydrogens (primary N) is 1. The van der Waals surface area contributed by atoms with E-state index in [0.29, 0.717) is 23.1 Å². The molecule has 0 spiro atoms. The van der Waals surface area contributed by atoms with Gasteiger partial charge in [0.25, 0.3) is 0 Å². The fourth-order valence-corrected chi connectivity index (χ4v) is 4.79. The molecular formula is C25H24BrF3N6O. The fourth-order valence-electron chi connectivity index (χ4n) is 4.27. The molecule has 188 valence electrons. The maximum Gasteiger partial charge on any atom is 0.433 e. The van der Waals surface area contributed by atoms with E-state index in [1.165, 1.54) is 24.5 Å². The molecule has 1 aliphatic rings. The van der Waals surface area contributed by atoms with Crippen LogP contribution in [0, 0.1) is 0 Å². The van der Waals surface area contributed by atoms with Crippen molar-refractivity contribution >= 4 is 32.8 Å². The molecule has 1 saturated heterocycles. The average Bonchev–Trinajstić information content (AvgIpc) is 3.47. The van der Waals surface area contributed by atoms with E-state index < -0.39 is 11.9 Å². The Balaban J connectivity index is 1.32. The average molecular weight is 561 g/mol. The van der Waals surface area contributed by atoms with Crippen LogP contribution in [-0.4, -0.2) is 37.5 Å². The van der Waals surface area contributed by atoms with Crippen molar-refractivity contribution in [1.29, 1.82) is 0 Å². The lowest BCUT2D eigenvalue weighted by Gasteiger charge is -2.15. The molecule has 11 heteroatoms. The Kier molecular flexibility index (Phi) is 6.85. The third-order valence-corrected chi connectivity index (χ3v) is 6.82. The molecule has 4 heterocycles. The van der Waals surface area contributed by atoms with Crippen LogP contribution in [0.1, 0.15) is 35.2 Å². The van der Waals surface area contributed by atoms with E-state index in [1.54, 1.807) is 0 Å². The van der Waals surface area contributed by atoms with Gasteiger partial charge in [-0.2, -0.15) is 23.1 Å². The number of benzene rings is 1. The molecule has 2 N–H and O–H groups in total. The zero-order valence-corrected chi connectivity index (χ0v) is 20.9. The van der Waals surface area contributed by atoms with Gasteiger partial charge >= 0.3 is 12.2 Å². The second kappa shape index (κ2) is 10.1. The number of hydrogen-bond acceptors (Lipinski definition) is 6. The molecule has 0 amide bonds. The summed E-state index contributed by atoms with van der Waals surface area (Å²) >= 11 is 3.59. The molecule has 1 aromatic carbocycles. The van der Waals surface area contributed by atoms with Crippen molar-refractivity contribution in [1.82, 2.24) is 24.4 Å². The van der Waals surface area contributed by atoms with Gasteiger partial charge in [-0.15, -0.1) is 0 Å². The monoisotopic (exact) mass is 560 g/mol. The van der Waals surface area contributed by atoms with E-state index >= 15 is 0 Å². The number of pyridine rings is 1. The van der Waals surface area contributed by atoms with Crippen molar-refractivity contribution in [3.63, 3.8) is 0 Å². The number of ether oxygens (including phenoxy) is 1. The molecule has 36 heavy (non-hydrogen) atoms. The highest BCUT2D eigenvalue weighted by atomic mass is 79.9. The summed E-state index contributed by atoms with van der Waals surface area (Å²) in [6.45, 7) is 3.80. The number of alkyl halides is 3. The molecule has 0 radical (unpaired) electrons. The lowest BCUT2D eigenvalue weighted by Crippen LogP contribution is -2.18. The quantitative estimate of drug-likeness (QED) is 0.325. The first-order valence-corrected chi connectivity index (χ1v) is 12.3. The lowest BCUT2D eigenvalue weighted by atomic mass is 10.1. The SMILES string of the molecule is Nc1nc(OCc2ccc(C(F)(F)F)nc2)nc2c1cc(Br)n2Cc1ccc(CN2CCCC2)cc1. The van der Waals surface area contributed by atoms with Crippen LogP contribution in [0.25, 0.3) is 11.0 Å². The Labute approximate surface area is 214 Å². The van der Waals surface area contributed by atoms with Gasteiger partial charge in [0.05, 0.1) is 16.5 Å². The highest BCUT2D eigenvalue weighted by Gasteiger charge is 2.32. The Morgan fingerprint density at radius 1 is 0.944 bits per heavy atom. The van der Waals surface area contributed by atoms with Gasteiger partial charge in [0.2, 0.25) is 0 Å². The molecule has 1 fully saturated rings. The third kappa shape index (κ3) is 5.46. The molecule has 1 aliphatic heterocycles. The molecule has 4 aromatic rings. The first-order valence-electron chi connectivity index (χ1n) is 11.5. The molecule has 0 atom stereocenters. The standard InChI is InChI=1S/C25H24BrF3N6O/c26-21-11-19-22(30)32-24(36-15-18-7-8-20(31-12-18)25(27,28)29)33-23(19)35(21)14-17-5-3-16(4-6-17)13-34-9-1-2-10-34/h3-8,11-12H,1-2,9-10,13-15H2,(H2,30,32,33). The number of fused-ring (bicyclic) bond motifs is 1. The highest BCUT2D eigenvalue weighted by Crippen LogP contribution is 2.30. The van der Waals surface area contributed by atoms with E-state index in [0.717, 1.165) is 42.1 Å². The van der Waals surface area contributed by atoms with E-state index in [2.05, 4.69) is 60.0 Å². The van der Waals surface area contributed by atoms with Crippen molar-refractivity contribution in [3.8, 4) is 6.01 Å². The fraction of sp³-hybridized carbons (Fsp3) is 0.320. The Morgan fingerprint density at radius 2 is 1.61 bits per heavy atom. The molecule has 0 aliphatic carbocycles. The van der Waals surface area contributed by atoms with Gasteiger partial charge in [0, 0.05) is 18.3 Å². The van der Waals surface area contributed by atoms with Crippen molar-refractivity contribution in [2.45, 2.75) is 38.7 Å². The van der Waals surface area contributed by atoms with Crippen LogP contribution >= 0.6 is 15.9 Å². The van der Waals surface area contributed by atoms with Gasteiger partial charge in [0.1, 0.15) is 18.1 Å². The van der Waals surface area contributed by atoms with Crippen LogP contribution in [0.5, 0.6) is 6.01 Å². The molecule has 0 saturated carbocycles. The molecule has 0 unspecified atom stereocenters. The van der Waals surface area contributed by atoms with Gasteiger partial charge in [0.15, 0.2) is 5.65 Å². The maximum absolute atomic E-state index is 12.7. The summed E-state index contributed by atoms with van der Waals surface area (Å²) in [6, 6.07) is 12.7.